The highest BCUT2D eigenvalue weighted by Crippen LogP contribution is 2.15. The van der Waals surface area contributed by atoms with Crippen molar-refractivity contribution >= 4 is 11.8 Å². The number of carbonyl (C=O) groups excluding carboxylic acids is 2. The molecule has 0 spiro atoms. The molecule has 0 saturated carbocycles. The molecule has 4 heteroatoms. The van der Waals surface area contributed by atoms with Gasteiger partial charge in [-0.05, 0) is 18.1 Å². The minimum atomic E-state index is -0.394. The zero-order valence-corrected chi connectivity index (χ0v) is 12.4. The minimum Gasteiger partial charge on any atom is -0.278 e. The van der Waals surface area contributed by atoms with Crippen LogP contribution in [0.3, 0.4) is 0 Å². The van der Waals surface area contributed by atoms with E-state index in [0.29, 0.717) is 12.1 Å². The Morgan fingerprint density at radius 2 is 1.80 bits per heavy atom. The molecule has 0 unspecified atom stereocenters. The molecule has 0 aliphatic heterocycles. The van der Waals surface area contributed by atoms with Gasteiger partial charge in [0, 0.05) is 12.5 Å². The molecule has 0 atom stereocenters. The molecule has 1 aromatic carbocycles. The van der Waals surface area contributed by atoms with Crippen LogP contribution in [0.4, 0.5) is 0 Å². The fraction of sp³-hybridized carbons (Fsp3) is 0.438. The number of benzene rings is 1. The van der Waals surface area contributed by atoms with E-state index in [-0.39, 0.29) is 23.3 Å². The molecule has 0 radical (unpaired) electrons. The third-order valence-electron chi connectivity index (χ3n) is 2.83. The summed E-state index contributed by atoms with van der Waals surface area (Å²) < 4.78 is 0. The molecule has 106 valence electrons. The van der Waals surface area contributed by atoms with Gasteiger partial charge in [0.25, 0.3) is 5.91 Å². The normalized spacial score (nSPS) is 10.4. The molecule has 20 heavy (non-hydrogen) atoms. The first-order valence-corrected chi connectivity index (χ1v) is 6.73. The van der Waals surface area contributed by atoms with Crippen molar-refractivity contribution in [1.29, 1.82) is 5.26 Å². The van der Waals surface area contributed by atoms with Crippen LogP contribution in [0.25, 0.3) is 0 Å². The van der Waals surface area contributed by atoms with Gasteiger partial charge in [0.1, 0.15) is 0 Å². The van der Waals surface area contributed by atoms with Crippen molar-refractivity contribution < 1.29 is 9.59 Å². The first-order chi connectivity index (χ1) is 9.38. The Morgan fingerprint density at radius 3 is 2.30 bits per heavy atom. The van der Waals surface area contributed by atoms with Crippen molar-refractivity contribution in [1.82, 2.24) is 4.90 Å². The highest BCUT2D eigenvalue weighted by atomic mass is 16.2. The van der Waals surface area contributed by atoms with E-state index in [1.165, 1.54) is 4.90 Å². The molecule has 4 nitrogen and oxygen atoms in total. The summed E-state index contributed by atoms with van der Waals surface area (Å²) in [5.41, 5.74) is 0.576. The highest BCUT2D eigenvalue weighted by Gasteiger charge is 2.26. The summed E-state index contributed by atoms with van der Waals surface area (Å²) in [4.78, 5) is 26.0. The average molecular weight is 272 g/mol. The maximum atomic E-state index is 12.6. The first-order valence-electron chi connectivity index (χ1n) is 6.73. The Balaban J connectivity index is 3.17. The van der Waals surface area contributed by atoms with Gasteiger partial charge in [0.05, 0.1) is 17.2 Å². The zero-order valence-electron chi connectivity index (χ0n) is 12.4. The van der Waals surface area contributed by atoms with Crippen molar-refractivity contribution in [3.63, 3.8) is 0 Å². The van der Waals surface area contributed by atoms with E-state index in [0.717, 1.165) is 0 Å². The summed E-state index contributed by atoms with van der Waals surface area (Å²) in [5.74, 6) is -0.686. The molecule has 0 fully saturated rings. The summed E-state index contributed by atoms with van der Waals surface area (Å²) in [6.07, 6.45) is 0. The molecule has 0 aliphatic carbocycles. The molecule has 0 heterocycles. The number of imide groups is 1. The van der Waals surface area contributed by atoms with Gasteiger partial charge in [0.15, 0.2) is 0 Å². The summed E-state index contributed by atoms with van der Waals surface area (Å²) in [6, 6.07) is 8.56. The van der Waals surface area contributed by atoms with Gasteiger partial charge in [0.2, 0.25) is 5.91 Å². The molecule has 0 aromatic heterocycles. The van der Waals surface area contributed by atoms with Crippen LogP contribution in [0.5, 0.6) is 0 Å². The number of rotatable bonds is 4. The van der Waals surface area contributed by atoms with Crippen molar-refractivity contribution in [2.45, 2.75) is 27.7 Å². The van der Waals surface area contributed by atoms with Gasteiger partial charge in [-0.15, -0.1) is 0 Å². The molecule has 0 aliphatic rings. The number of amides is 2. The standard InChI is InChI=1S/C16H20N2O2/c1-11(2)10-18(15(19)12(3)4)16(20)14-8-6-5-7-13(14)9-17/h5-8,11-12H,10H2,1-4H3. The maximum absolute atomic E-state index is 12.6. The molecule has 0 bridgehead atoms. The fourth-order valence-electron chi connectivity index (χ4n) is 1.86. The summed E-state index contributed by atoms with van der Waals surface area (Å²) in [7, 11) is 0. The third kappa shape index (κ3) is 3.67. The van der Waals surface area contributed by atoms with E-state index in [1.807, 2.05) is 19.9 Å². The lowest BCUT2D eigenvalue weighted by molar-refractivity contribution is -0.132. The zero-order chi connectivity index (χ0) is 15.3. The van der Waals surface area contributed by atoms with Crippen molar-refractivity contribution in [3.8, 4) is 6.07 Å². The number of carbonyl (C=O) groups is 2. The second-order valence-electron chi connectivity index (χ2n) is 5.46. The van der Waals surface area contributed by atoms with E-state index in [4.69, 9.17) is 5.26 Å². The quantitative estimate of drug-likeness (QED) is 0.846. The lowest BCUT2D eigenvalue weighted by atomic mass is 10.0. The fourth-order valence-corrected chi connectivity index (χ4v) is 1.86. The van der Waals surface area contributed by atoms with E-state index in [9.17, 15) is 9.59 Å². The van der Waals surface area contributed by atoms with Crippen LogP contribution in [0.1, 0.15) is 43.6 Å². The van der Waals surface area contributed by atoms with Crippen molar-refractivity contribution in [3.05, 3.63) is 35.4 Å². The van der Waals surface area contributed by atoms with Crippen molar-refractivity contribution in [2.24, 2.45) is 11.8 Å². The molecule has 1 rings (SSSR count). The average Bonchev–Trinajstić information content (AvgIpc) is 2.42. The second-order valence-corrected chi connectivity index (χ2v) is 5.46. The minimum absolute atomic E-state index is 0.177. The van der Waals surface area contributed by atoms with E-state index in [1.54, 1.807) is 38.1 Å². The van der Waals surface area contributed by atoms with E-state index < -0.39 is 5.91 Å². The van der Waals surface area contributed by atoms with Crippen LogP contribution in [-0.2, 0) is 4.79 Å². The smallest absolute Gasteiger partial charge is 0.261 e. The monoisotopic (exact) mass is 272 g/mol. The van der Waals surface area contributed by atoms with Gasteiger partial charge >= 0.3 is 0 Å². The van der Waals surface area contributed by atoms with Gasteiger partial charge in [-0.25, -0.2) is 0 Å². The Bertz CT molecular complexity index is 542. The molecule has 0 saturated heterocycles. The molecule has 1 aromatic rings. The number of hydrogen-bond acceptors (Lipinski definition) is 3. The number of hydrogen-bond donors (Lipinski definition) is 0. The first kappa shape index (κ1) is 15.9. The Morgan fingerprint density at radius 1 is 1.20 bits per heavy atom. The van der Waals surface area contributed by atoms with Crippen LogP contribution < -0.4 is 0 Å². The van der Waals surface area contributed by atoms with Crippen molar-refractivity contribution in [2.75, 3.05) is 6.54 Å². The molecular formula is C16H20N2O2. The number of nitriles is 1. The van der Waals surface area contributed by atoms with Crippen LogP contribution >= 0.6 is 0 Å². The van der Waals surface area contributed by atoms with Crippen LogP contribution in [0.15, 0.2) is 24.3 Å². The molecule has 2 amide bonds. The second kappa shape index (κ2) is 6.85. The predicted molar refractivity (Wildman–Crippen MR) is 76.9 cm³/mol. The van der Waals surface area contributed by atoms with Gasteiger partial charge in [-0.3, -0.25) is 14.5 Å². The predicted octanol–water partition coefficient (Wildman–Crippen LogP) is 2.84. The summed E-state index contributed by atoms with van der Waals surface area (Å²) >= 11 is 0. The lowest BCUT2D eigenvalue weighted by Crippen LogP contribution is -2.42. The highest BCUT2D eigenvalue weighted by molar-refractivity contribution is 6.06. The lowest BCUT2D eigenvalue weighted by Gasteiger charge is -2.25. The Hall–Kier alpha value is -2.15. The topological polar surface area (TPSA) is 61.2 Å². The van der Waals surface area contributed by atoms with Gasteiger partial charge in [-0.1, -0.05) is 39.8 Å². The Kier molecular flexibility index (Phi) is 5.45. The number of nitrogens with zero attached hydrogens (tertiary/aromatic N) is 2. The SMILES string of the molecule is CC(C)CN(C(=O)c1ccccc1C#N)C(=O)C(C)C. The summed E-state index contributed by atoms with van der Waals surface area (Å²) in [5, 5.41) is 9.07. The third-order valence-corrected chi connectivity index (χ3v) is 2.83. The van der Waals surface area contributed by atoms with Crippen LogP contribution in [-0.4, -0.2) is 23.3 Å². The Labute approximate surface area is 120 Å². The largest absolute Gasteiger partial charge is 0.278 e. The van der Waals surface area contributed by atoms with E-state index >= 15 is 0 Å². The van der Waals surface area contributed by atoms with Crippen LogP contribution in [0.2, 0.25) is 0 Å². The van der Waals surface area contributed by atoms with Gasteiger partial charge < -0.3 is 0 Å². The molecular weight excluding hydrogens is 252 g/mol. The van der Waals surface area contributed by atoms with Gasteiger partial charge in [-0.2, -0.15) is 5.26 Å². The molecule has 0 N–H and O–H groups in total. The maximum Gasteiger partial charge on any atom is 0.261 e. The summed E-state index contributed by atoms with van der Waals surface area (Å²) in [6.45, 7) is 7.78. The van der Waals surface area contributed by atoms with E-state index in [2.05, 4.69) is 0 Å². The van der Waals surface area contributed by atoms with Crippen LogP contribution in [0, 0.1) is 23.2 Å².